The molecule has 44 heavy (non-hydrogen) atoms. The summed E-state index contributed by atoms with van der Waals surface area (Å²) in [7, 11) is 3.21. The summed E-state index contributed by atoms with van der Waals surface area (Å²) in [6.07, 6.45) is 7.89. The van der Waals surface area contributed by atoms with Crippen molar-refractivity contribution in [1.82, 2.24) is 15.2 Å². The molecule has 4 aromatic rings. The topological polar surface area (TPSA) is 92.9 Å². The molecule has 2 amide bonds. The monoisotopic (exact) mass is 597 g/mol. The first kappa shape index (κ1) is 31.0. The Morgan fingerprint density at radius 3 is 2.43 bits per heavy atom. The van der Waals surface area contributed by atoms with E-state index in [9.17, 15) is 9.59 Å². The van der Waals surface area contributed by atoms with Gasteiger partial charge in [0.25, 0.3) is 0 Å². The third kappa shape index (κ3) is 7.36. The van der Waals surface area contributed by atoms with Crippen molar-refractivity contribution >= 4 is 22.7 Å². The summed E-state index contributed by atoms with van der Waals surface area (Å²) in [5.41, 5.74) is 3.61. The highest BCUT2D eigenvalue weighted by molar-refractivity contribution is 5.92. The fourth-order valence-corrected chi connectivity index (χ4v) is 6.14. The van der Waals surface area contributed by atoms with Gasteiger partial charge in [-0.15, -0.1) is 0 Å². The van der Waals surface area contributed by atoms with Crippen LogP contribution in [0.2, 0.25) is 0 Å². The van der Waals surface area contributed by atoms with Gasteiger partial charge in [0.05, 0.1) is 27.2 Å². The molecular weight excluding hydrogens is 554 g/mol. The lowest BCUT2D eigenvalue weighted by Crippen LogP contribution is -2.48. The van der Waals surface area contributed by atoms with Crippen LogP contribution in [0.15, 0.2) is 72.9 Å². The molecule has 1 atom stereocenters. The highest BCUT2D eigenvalue weighted by atomic mass is 16.5. The van der Waals surface area contributed by atoms with Crippen molar-refractivity contribution < 1.29 is 23.8 Å². The molecule has 232 valence electrons. The number of hydrogen-bond acceptors (Lipinski definition) is 5. The molecule has 3 aromatic carbocycles. The van der Waals surface area contributed by atoms with Crippen LogP contribution in [-0.2, 0) is 22.4 Å². The van der Waals surface area contributed by atoms with Crippen molar-refractivity contribution in [3.8, 4) is 17.2 Å². The Balaban J connectivity index is 1.50. The Kier molecular flexibility index (Phi) is 10.4. The van der Waals surface area contributed by atoms with Gasteiger partial charge < -0.3 is 29.4 Å². The molecule has 0 aliphatic heterocycles. The van der Waals surface area contributed by atoms with Crippen molar-refractivity contribution in [2.24, 2.45) is 0 Å². The molecule has 5 rings (SSSR count). The molecule has 0 unspecified atom stereocenters. The standard InChI is InChI=1S/C36H43N3O5/c1-4-44-29-17-15-26(16-18-29)35(36(41)38-28-10-6-5-7-11-28)39(21-20-25-14-19-32(42-2)33(22-25)43-3)34(40)23-27-24-37-31-13-9-8-12-30(27)31/h8-9,12-19,22,24,28,35,37H,4-7,10-11,20-21,23H2,1-3H3,(H,38,41)/t35-/m1/s1. The van der Waals surface area contributed by atoms with Gasteiger partial charge in [0.15, 0.2) is 11.5 Å². The van der Waals surface area contributed by atoms with E-state index in [1.165, 1.54) is 6.42 Å². The third-order valence-corrected chi connectivity index (χ3v) is 8.44. The largest absolute Gasteiger partial charge is 0.494 e. The predicted molar refractivity (Wildman–Crippen MR) is 172 cm³/mol. The molecule has 0 bridgehead atoms. The lowest BCUT2D eigenvalue weighted by atomic mass is 9.94. The molecule has 8 heteroatoms. The van der Waals surface area contributed by atoms with E-state index in [0.717, 1.165) is 59.0 Å². The van der Waals surface area contributed by atoms with Gasteiger partial charge in [-0.1, -0.05) is 55.7 Å². The minimum absolute atomic E-state index is 0.109. The van der Waals surface area contributed by atoms with Crippen LogP contribution in [-0.4, -0.2) is 55.1 Å². The summed E-state index contributed by atoms with van der Waals surface area (Å²) < 4.78 is 16.6. The van der Waals surface area contributed by atoms with E-state index in [-0.39, 0.29) is 24.3 Å². The first-order chi connectivity index (χ1) is 21.5. The fourth-order valence-electron chi connectivity index (χ4n) is 6.14. The maximum absolute atomic E-state index is 14.3. The number of fused-ring (bicyclic) bond motifs is 1. The van der Waals surface area contributed by atoms with Gasteiger partial charge in [-0.25, -0.2) is 0 Å². The van der Waals surface area contributed by atoms with E-state index in [1.54, 1.807) is 19.1 Å². The number of aromatic nitrogens is 1. The number of hydrogen-bond donors (Lipinski definition) is 2. The lowest BCUT2D eigenvalue weighted by molar-refractivity contribution is -0.140. The average molecular weight is 598 g/mol. The van der Waals surface area contributed by atoms with Crippen molar-refractivity contribution in [2.45, 2.75) is 64.0 Å². The van der Waals surface area contributed by atoms with Crippen molar-refractivity contribution in [3.63, 3.8) is 0 Å². The number of carbonyl (C=O) groups excluding carboxylic acids is 2. The Morgan fingerprint density at radius 2 is 1.70 bits per heavy atom. The van der Waals surface area contributed by atoms with E-state index < -0.39 is 6.04 Å². The van der Waals surface area contributed by atoms with E-state index >= 15 is 0 Å². The molecule has 1 heterocycles. The Hall–Kier alpha value is -4.46. The molecule has 0 radical (unpaired) electrons. The Morgan fingerprint density at radius 1 is 0.955 bits per heavy atom. The third-order valence-electron chi connectivity index (χ3n) is 8.44. The zero-order valence-corrected chi connectivity index (χ0v) is 25.9. The van der Waals surface area contributed by atoms with Crippen LogP contribution in [0.5, 0.6) is 17.2 Å². The summed E-state index contributed by atoms with van der Waals surface area (Å²) in [5.74, 6) is 1.72. The molecule has 2 N–H and O–H groups in total. The molecule has 8 nitrogen and oxygen atoms in total. The molecule has 1 aromatic heterocycles. The van der Waals surface area contributed by atoms with E-state index in [1.807, 2.05) is 79.9 Å². The second-order valence-corrected chi connectivity index (χ2v) is 11.3. The molecule has 1 fully saturated rings. The molecule has 0 saturated heterocycles. The van der Waals surface area contributed by atoms with E-state index in [2.05, 4.69) is 10.3 Å². The Labute approximate surface area is 259 Å². The summed E-state index contributed by atoms with van der Waals surface area (Å²) in [4.78, 5) is 33.6. The number of H-pyrrole nitrogens is 1. The number of nitrogens with one attached hydrogen (secondary N) is 2. The number of benzene rings is 3. The first-order valence-corrected chi connectivity index (χ1v) is 15.6. The lowest BCUT2D eigenvalue weighted by Gasteiger charge is -2.33. The quantitative estimate of drug-likeness (QED) is 0.186. The average Bonchev–Trinajstić information content (AvgIpc) is 3.46. The van der Waals surface area contributed by atoms with Crippen molar-refractivity contribution in [2.75, 3.05) is 27.4 Å². The molecule has 1 aliphatic rings. The van der Waals surface area contributed by atoms with Crippen LogP contribution >= 0.6 is 0 Å². The van der Waals surface area contributed by atoms with Crippen LogP contribution in [0, 0.1) is 0 Å². The fraction of sp³-hybridized carbons (Fsp3) is 0.389. The predicted octanol–water partition coefficient (Wildman–Crippen LogP) is 6.39. The minimum Gasteiger partial charge on any atom is -0.494 e. The zero-order chi connectivity index (χ0) is 30.9. The summed E-state index contributed by atoms with van der Waals surface area (Å²) in [6.45, 7) is 2.83. The number of ether oxygens (including phenoxy) is 3. The van der Waals surface area contributed by atoms with Crippen LogP contribution < -0.4 is 19.5 Å². The van der Waals surface area contributed by atoms with Gasteiger partial charge in [-0.2, -0.15) is 0 Å². The van der Waals surface area contributed by atoms with Gasteiger partial charge >= 0.3 is 0 Å². The molecule has 1 saturated carbocycles. The second kappa shape index (κ2) is 14.8. The minimum atomic E-state index is -0.801. The van der Waals surface area contributed by atoms with E-state index in [0.29, 0.717) is 31.1 Å². The number of para-hydroxylation sites is 1. The molecular formula is C36H43N3O5. The van der Waals surface area contributed by atoms with Gasteiger partial charge in [-0.05, 0) is 73.2 Å². The van der Waals surface area contributed by atoms with Crippen LogP contribution in [0.3, 0.4) is 0 Å². The van der Waals surface area contributed by atoms with Crippen molar-refractivity contribution in [3.05, 3.63) is 89.6 Å². The maximum Gasteiger partial charge on any atom is 0.247 e. The zero-order valence-electron chi connectivity index (χ0n) is 25.9. The van der Waals surface area contributed by atoms with Crippen LogP contribution in [0.4, 0.5) is 0 Å². The number of amides is 2. The van der Waals surface area contributed by atoms with Gasteiger partial charge in [-0.3, -0.25) is 9.59 Å². The Bertz CT molecular complexity index is 1540. The second-order valence-electron chi connectivity index (χ2n) is 11.3. The number of methoxy groups -OCH3 is 2. The SMILES string of the molecule is CCOc1ccc([C@H](C(=O)NC2CCCCC2)N(CCc2ccc(OC)c(OC)c2)C(=O)Cc2c[nH]c3ccccc23)cc1. The smallest absolute Gasteiger partial charge is 0.247 e. The first-order valence-electron chi connectivity index (χ1n) is 15.6. The molecule has 1 aliphatic carbocycles. The van der Waals surface area contributed by atoms with Gasteiger partial charge in [0.2, 0.25) is 11.8 Å². The summed E-state index contributed by atoms with van der Waals surface area (Å²) >= 11 is 0. The van der Waals surface area contributed by atoms with Crippen LogP contribution in [0.25, 0.3) is 10.9 Å². The van der Waals surface area contributed by atoms with Gasteiger partial charge in [0.1, 0.15) is 11.8 Å². The highest BCUT2D eigenvalue weighted by Crippen LogP contribution is 2.30. The number of nitrogens with zero attached hydrogens (tertiary/aromatic N) is 1. The van der Waals surface area contributed by atoms with Gasteiger partial charge in [0, 0.05) is 29.7 Å². The molecule has 0 spiro atoms. The van der Waals surface area contributed by atoms with Crippen molar-refractivity contribution in [1.29, 1.82) is 0 Å². The number of carbonyl (C=O) groups is 2. The van der Waals surface area contributed by atoms with Crippen LogP contribution in [0.1, 0.15) is 61.8 Å². The summed E-state index contributed by atoms with van der Waals surface area (Å²) in [6, 6.07) is 20.6. The number of aromatic amines is 1. The maximum atomic E-state index is 14.3. The highest BCUT2D eigenvalue weighted by Gasteiger charge is 2.33. The van der Waals surface area contributed by atoms with E-state index in [4.69, 9.17) is 14.2 Å². The number of rotatable bonds is 13. The normalized spacial score (nSPS) is 14.2. The summed E-state index contributed by atoms with van der Waals surface area (Å²) in [5, 5.41) is 4.31.